The van der Waals surface area contributed by atoms with E-state index >= 15 is 0 Å². The average Bonchev–Trinajstić information content (AvgIpc) is 2.64. The topological polar surface area (TPSA) is 79.1 Å². The van der Waals surface area contributed by atoms with Crippen molar-refractivity contribution in [1.29, 1.82) is 0 Å². The summed E-state index contributed by atoms with van der Waals surface area (Å²) >= 11 is 0. The van der Waals surface area contributed by atoms with Crippen LogP contribution in [0.2, 0.25) is 0 Å². The second-order valence-electron chi connectivity index (χ2n) is 3.71. The zero-order chi connectivity index (χ0) is 12.4. The average molecular weight is 235 g/mol. The van der Waals surface area contributed by atoms with Gasteiger partial charge < -0.3 is 15.8 Å². The standard InChI is InChI=1S/C12H12FN2O2/c13-7-3-4-8-9(2-1-5-16)11(12(14)17)15-10(8)6-7/h1,3-4,6,15-16H,2,5H2,(H2,14,17). The van der Waals surface area contributed by atoms with Crippen LogP contribution in [0.1, 0.15) is 16.1 Å². The first kappa shape index (κ1) is 11.6. The summed E-state index contributed by atoms with van der Waals surface area (Å²) in [6, 6.07) is 4.22. The molecule has 0 aliphatic heterocycles. The summed E-state index contributed by atoms with van der Waals surface area (Å²) in [5.74, 6) is -0.976. The number of aliphatic hydroxyl groups excluding tert-OH is 1. The number of nitrogens with two attached hydrogens (primary N) is 1. The number of aliphatic hydroxyl groups is 1. The molecule has 0 aliphatic rings. The molecule has 5 heteroatoms. The SMILES string of the molecule is NC(=O)c1[nH]c2cc(F)ccc2c1C[CH]CO. The van der Waals surface area contributed by atoms with Crippen molar-refractivity contribution >= 4 is 16.8 Å². The van der Waals surface area contributed by atoms with Gasteiger partial charge in [-0.15, -0.1) is 0 Å². The Balaban J connectivity index is 2.58. The lowest BCUT2D eigenvalue weighted by atomic mass is 10.1. The summed E-state index contributed by atoms with van der Waals surface area (Å²) in [4.78, 5) is 14.1. The molecule has 0 aliphatic carbocycles. The molecular formula is C12H12FN2O2. The molecule has 2 aromatic rings. The van der Waals surface area contributed by atoms with E-state index in [2.05, 4.69) is 4.98 Å². The van der Waals surface area contributed by atoms with Crippen LogP contribution in [-0.2, 0) is 6.42 Å². The monoisotopic (exact) mass is 235 g/mol. The van der Waals surface area contributed by atoms with Crippen molar-refractivity contribution in [1.82, 2.24) is 4.98 Å². The minimum absolute atomic E-state index is 0.0912. The molecule has 0 bridgehead atoms. The molecule has 0 saturated carbocycles. The third-order valence-electron chi connectivity index (χ3n) is 2.59. The molecule has 1 amide bonds. The number of rotatable bonds is 4. The molecule has 89 valence electrons. The fourth-order valence-corrected chi connectivity index (χ4v) is 1.86. The zero-order valence-electron chi connectivity index (χ0n) is 9.03. The third kappa shape index (κ3) is 2.14. The second-order valence-corrected chi connectivity index (χ2v) is 3.71. The number of carbonyl (C=O) groups is 1. The number of aromatic nitrogens is 1. The fourth-order valence-electron chi connectivity index (χ4n) is 1.86. The van der Waals surface area contributed by atoms with Crippen molar-refractivity contribution in [3.05, 3.63) is 41.7 Å². The van der Waals surface area contributed by atoms with E-state index in [0.717, 1.165) is 5.39 Å². The number of fused-ring (bicyclic) bond motifs is 1. The summed E-state index contributed by atoms with van der Waals surface area (Å²) in [5.41, 5.74) is 6.72. The van der Waals surface area contributed by atoms with E-state index in [-0.39, 0.29) is 18.1 Å². The molecule has 1 radical (unpaired) electrons. The van der Waals surface area contributed by atoms with E-state index in [1.54, 1.807) is 12.5 Å². The summed E-state index contributed by atoms with van der Waals surface area (Å²) in [7, 11) is 0. The molecule has 2 rings (SSSR count). The second kappa shape index (κ2) is 4.55. The Bertz CT molecular complexity index is 563. The summed E-state index contributed by atoms with van der Waals surface area (Å²) in [6.45, 7) is -0.0912. The van der Waals surface area contributed by atoms with Crippen molar-refractivity contribution in [3.63, 3.8) is 0 Å². The molecule has 1 aromatic carbocycles. The summed E-state index contributed by atoms with van der Waals surface area (Å²) < 4.78 is 13.0. The van der Waals surface area contributed by atoms with Gasteiger partial charge in [0.2, 0.25) is 0 Å². The number of hydrogen-bond donors (Lipinski definition) is 3. The number of halogens is 1. The lowest BCUT2D eigenvalue weighted by Crippen LogP contribution is -2.13. The van der Waals surface area contributed by atoms with Crippen molar-refractivity contribution in [2.24, 2.45) is 5.73 Å². The number of H-pyrrole nitrogens is 1. The van der Waals surface area contributed by atoms with Gasteiger partial charge >= 0.3 is 0 Å². The molecule has 1 heterocycles. The summed E-state index contributed by atoms with van der Waals surface area (Å²) in [5, 5.41) is 9.51. The Morgan fingerprint density at radius 3 is 2.94 bits per heavy atom. The molecule has 17 heavy (non-hydrogen) atoms. The molecule has 0 spiro atoms. The minimum atomic E-state index is -0.594. The molecule has 0 unspecified atom stereocenters. The van der Waals surface area contributed by atoms with Gasteiger partial charge in [-0.2, -0.15) is 0 Å². The van der Waals surface area contributed by atoms with E-state index in [0.29, 0.717) is 17.5 Å². The van der Waals surface area contributed by atoms with Gasteiger partial charge in [0.1, 0.15) is 11.5 Å². The predicted octanol–water partition coefficient (Wildman–Crippen LogP) is 1.14. The van der Waals surface area contributed by atoms with Crippen molar-refractivity contribution in [3.8, 4) is 0 Å². The first-order valence-electron chi connectivity index (χ1n) is 5.16. The smallest absolute Gasteiger partial charge is 0.265 e. The zero-order valence-corrected chi connectivity index (χ0v) is 9.03. The quantitative estimate of drug-likeness (QED) is 0.743. The fraction of sp³-hybridized carbons (Fsp3) is 0.167. The summed E-state index contributed by atoms with van der Waals surface area (Å²) in [6.07, 6.45) is 2.01. The number of carbonyl (C=O) groups excluding carboxylic acids is 1. The van der Waals surface area contributed by atoms with E-state index < -0.39 is 5.91 Å². The van der Waals surface area contributed by atoms with E-state index in [4.69, 9.17) is 10.8 Å². The highest BCUT2D eigenvalue weighted by atomic mass is 19.1. The molecule has 0 fully saturated rings. The number of primary amides is 1. The molecule has 0 atom stereocenters. The number of aromatic amines is 1. The van der Waals surface area contributed by atoms with Crippen molar-refractivity contribution in [2.45, 2.75) is 6.42 Å². The van der Waals surface area contributed by atoms with Crippen LogP contribution < -0.4 is 5.73 Å². The number of hydrogen-bond acceptors (Lipinski definition) is 2. The van der Waals surface area contributed by atoms with E-state index in [1.807, 2.05) is 0 Å². The number of amides is 1. The first-order chi connectivity index (χ1) is 8.13. The van der Waals surface area contributed by atoms with Crippen LogP contribution in [-0.4, -0.2) is 22.6 Å². The van der Waals surface area contributed by atoms with Gasteiger partial charge in [-0.3, -0.25) is 4.79 Å². The maximum Gasteiger partial charge on any atom is 0.265 e. The van der Waals surface area contributed by atoms with E-state index in [9.17, 15) is 9.18 Å². The third-order valence-corrected chi connectivity index (χ3v) is 2.59. The lowest BCUT2D eigenvalue weighted by Gasteiger charge is -2.00. The van der Waals surface area contributed by atoms with Crippen LogP contribution in [0, 0.1) is 12.2 Å². The first-order valence-corrected chi connectivity index (χ1v) is 5.16. The molecular weight excluding hydrogens is 223 g/mol. The van der Waals surface area contributed by atoms with Crippen LogP contribution in [0.5, 0.6) is 0 Å². The predicted molar refractivity (Wildman–Crippen MR) is 61.9 cm³/mol. The Morgan fingerprint density at radius 1 is 1.53 bits per heavy atom. The van der Waals surface area contributed by atoms with Crippen LogP contribution >= 0.6 is 0 Å². The molecule has 4 nitrogen and oxygen atoms in total. The van der Waals surface area contributed by atoms with Gasteiger partial charge in [0.05, 0.1) is 0 Å². The van der Waals surface area contributed by atoms with Crippen molar-refractivity contribution in [2.75, 3.05) is 6.61 Å². The van der Waals surface area contributed by atoms with Gasteiger partial charge in [0, 0.05) is 17.5 Å². The van der Waals surface area contributed by atoms with E-state index in [1.165, 1.54) is 12.1 Å². The maximum absolute atomic E-state index is 13.0. The van der Waals surface area contributed by atoms with Gasteiger partial charge in [-0.25, -0.2) is 4.39 Å². The Morgan fingerprint density at radius 2 is 2.29 bits per heavy atom. The van der Waals surface area contributed by atoms with Crippen LogP contribution in [0.3, 0.4) is 0 Å². The molecule has 0 saturated heterocycles. The van der Waals surface area contributed by atoms with Gasteiger partial charge in [0.25, 0.3) is 5.91 Å². The maximum atomic E-state index is 13.0. The van der Waals surface area contributed by atoms with Crippen molar-refractivity contribution < 1.29 is 14.3 Å². The Kier molecular flexibility index (Phi) is 3.10. The normalized spacial score (nSPS) is 10.9. The molecule has 1 aromatic heterocycles. The van der Waals surface area contributed by atoms with Crippen LogP contribution in [0.15, 0.2) is 18.2 Å². The number of benzene rings is 1. The van der Waals surface area contributed by atoms with Gasteiger partial charge in [-0.1, -0.05) is 0 Å². The highest BCUT2D eigenvalue weighted by molar-refractivity contribution is 6.00. The Labute approximate surface area is 97.2 Å². The van der Waals surface area contributed by atoms with Crippen LogP contribution in [0.25, 0.3) is 10.9 Å². The largest absolute Gasteiger partial charge is 0.396 e. The minimum Gasteiger partial charge on any atom is -0.396 e. The van der Waals surface area contributed by atoms with Gasteiger partial charge in [-0.05, 0) is 36.6 Å². The highest BCUT2D eigenvalue weighted by Crippen LogP contribution is 2.24. The van der Waals surface area contributed by atoms with Crippen LogP contribution in [0.4, 0.5) is 4.39 Å². The highest BCUT2D eigenvalue weighted by Gasteiger charge is 2.15. The number of nitrogens with one attached hydrogen (secondary N) is 1. The Hall–Kier alpha value is -1.88. The molecule has 4 N–H and O–H groups in total. The lowest BCUT2D eigenvalue weighted by molar-refractivity contribution is 0.0995. The van der Waals surface area contributed by atoms with Gasteiger partial charge in [0.15, 0.2) is 0 Å².